The summed E-state index contributed by atoms with van der Waals surface area (Å²) in [6.07, 6.45) is 0.829. The number of aromatic nitrogens is 1. The standard InChI is InChI=1S/C5H3F2N.CHFO/c6-4-1-2-5(7)8-3-4;2-1-3/h1-3H;1H. The molecule has 0 radical (unpaired) electrons. The molecule has 0 aromatic carbocycles. The van der Waals surface area contributed by atoms with Gasteiger partial charge >= 0.3 is 0 Å². The van der Waals surface area contributed by atoms with Crippen LogP contribution in [-0.4, -0.2) is 11.5 Å². The molecule has 11 heavy (non-hydrogen) atoms. The quantitative estimate of drug-likeness (QED) is 0.329. The van der Waals surface area contributed by atoms with Crippen molar-refractivity contribution in [2.75, 3.05) is 0 Å². The fraction of sp³-hybridized carbons (Fsp3) is 0. The third-order valence-corrected chi connectivity index (χ3v) is 0.691. The van der Waals surface area contributed by atoms with Crippen LogP contribution in [0, 0.1) is 11.8 Å². The molecular formula is C6H4F3NO. The van der Waals surface area contributed by atoms with Crippen LogP contribution in [-0.2, 0) is 4.79 Å². The Balaban J connectivity index is 0.000000292. The zero-order chi connectivity index (χ0) is 8.69. The third kappa shape index (κ3) is 5.07. The second-order valence-corrected chi connectivity index (χ2v) is 1.39. The molecule has 0 N–H and O–H groups in total. The summed E-state index contributed by atoms with van der Waals surface area (Å²) in [6.45, 7) is -0.750. The zero-order valence-electron chi connectivity index (χ0n) is 5.30. The predicted octanol–water partition coefficient (Wildman–Crippen LogP) is 1.51. The van der Waals surface area contributed by atoms with Gasteiger partial charge in [0, 0.05) is 0 Å². The highest BCUT2D eigenvalue weighted by molar-refractivity contribution is 5.35. The van der Waals surface area contributed by atoms with Crippen molar-refractivity contribution in [1.82, 2.24) is 4.98 Å². The van der Waals surface area contributed by atoms with Gasteiger partial charge in [0.05, 0.1) is 6.20 Å². The molecule has 0 amide bonds. The van der Waals surface area contributed by atoms with E-state index in [0.717, 1.165) is 18.3 Å². The summed E-state index contributed by atoms with van der Waals surface area (Å²) < 4.78 is 33.3. The Labute approximate surface area is 60.7 Å². The molecule has 1 aromatic heterocycles. The molecule has 0 spiro atoms. The summed E-state index contributed by atoms with van der Waals surface area (Å²) in [5, 5.41) is 0. The molecule has 0 aliphatic heterocycles. The highest BCUT2D eigenvalue weighted by Gasteiger charge is 1.88. The molecule has 0 aliphatic rings. The van der Waals surface area contributed by atoms with E-state index in [-0.39, 0.29) is 0 Å². The van der Waals surface area contributed by atoms with Gasteiger partial charge in [-0.05, 0) is 12.1 Å². The number of nitrogens with zero attached hydrogens (tertiary/aromatic N) is 1. The third-order valence-electron chi connectivity index (χ3n) is 0.691. The number of hydrogen-bond donors (Lipinski definition) is 0. The van der Waals surface area contributed by atoms with Crippen LogP contribution in [0.4, 0.5) is 13.2 Å². The summed E-state index contributed by atoms with van der Waals surface area (Å²) in [5.41, 5.74) is 0. The summed E-state index contributed by atoms with van der Waals surface area (Å²) in [4.78, 5) is 11.2. The SMILES string of the molecule is Fc1ccc(F)nc1.O=CF. The van der Waals surface area contributed by atoms with E-state index in [1.165, 1.54) is 0 Å². The smallest absolute Gasteiger partial charge is 0.265 e. The van der Waals surface area contributed by atoms with Crippen LogP contribution < -0.4 is 0 Å². The van der Waals surface area contributed by atoms with Crippen LogP contribution >= 0.6 is 0 Å². The maximum absolute atomic E-state index is 11.9. The van der Waals surface area contributed by atoms with Gasteiger partial charge < -0.3 is 0 Å². The molecule has 0 fully saturated rings. The van der Waals surface area contributed by atoms with Crippen molar-refractivity contribution in [3.05, 3.63) is 30.1 Å². The number of pyridine rings is 1. The first kappa shape index (κ1) is 9.61. The highest BCUT2D eigenvalue weighted by atomic mass is 19.1. The molecular weight excluding hydrogens is 159 g/mol. The van der Waals surface area contributed by atoms with E-state index in [9.17, 15) is 13.2 Å². The van der Waals surface area contributed by atoms with E-state index in [4.69, 9.17) is 4.79 Å². The van der Waals surface area contributed by atoms with Crippen molar-refractivity contribution in [3.63, 3.8) is 0 Å². The second-order valence-electron chi connectivity index (χ2n) is 1.39. The van der Waals surface area contributed by atoms with Crippen molar-refractivity contribution in [2.24, 2.45) is 0 Å². The first-order valence-corrected chi connectivity index (χ1v) is 2.51. The van der Waals surface area contributed by atoms with Crippen LogP contribution in [0.1, 0.15) is 0 Å². The van der Waals surface area contributed by atoms with E-state index in [1.54, 1.807) is 0 Å². The number of carbonyl (C=O) groups is 1. The minimum Gasteiger partial charge on any atom is -0.265 e. The van der Waals surface area contributed by atoms with Crippen molar-refractivity contribution < 1.29 is 18.0 Å². The summed E-state index contributed by atoms with van der Waals surface area (Å²) in [7, 11) is 0. The van der Waals surface area contributed by atoms with Gasteiger partial charge in [-0.3, -0.25) is 4.79 Å². The first-order chi connectivity index (χ1) is 5.20. The highest BCUT2D eigenvalue weighted by Crippen LogP contribution is 1.93. The summed E-state index contributed by atoms with van der Waals surface area (Å²) >= 11 is 0. The lowest BCUT2D eigenvalue weighted by atomic mass is 10.5. The van der Waals surface area contributed by atoms with E-state index in [2.05, 4.69) is 4.98 Å². The van der Waals surface area contributed by atoms with Gasteiger partial charge in [-0.1, -0.05) is 0 Å². The average molecular weight is 163 g/mol. The maximum atomic E-state index is 11.9. The van der Waals surface area contributed by atoms with Crippen molar-refractivity contribution in [1.29, 1.82) is 0 Å². The molecule has 2 nitrogen and oxygen atoms in total. The lowest BCUT2D eigenvalue weighted by Gasteiger charge is -1.83. The maximum Gasteiger partial charge on any atom is 0.289 e. The number of hydrogen-bond acceptors (Lipinski definition) is 2. The summed E-state index contributed by atoms with van der Waals surface area (Å²) in [6, 6.07) is 1.98. The molecule has 0 saturated carbocycles. The van der Waals surface area contributed by atoms with E-state index < -0.39 is 18.3 Å². The molecule has 0 saturated heterocycles. The Morgan fingerprint density at radius 2 is 1.91 bits per heavy atom. The average Bonchev–Trinajstić information content (AvgIpc) is 1.97. The topological polar surface area (TPSA) is 30.0 Å². The fourth-order valence-corrected chi connectivity index (χ4v) is 0.358. The van der Waals surface area contributed by atoms with E-state index in [1.807, 2.05) is 0 Å². The van der Waals surface area contributed by atoms with Crippen molar-refractivity contribution in [2.45, 2.75) is 0 Å². The molecule has 1 heterocycles. The predicted molar refractivity (Wildman–Crippen MR) is 32.0 cm³/mol. The van der Waals surface area contributed by atoms with Crippen LogP contribution in [0.5, 0.6) is 0 Å². The number of carbonyl (C=O) groups excluding carboxylic acids is 1. The summed E-state index contributed by atoms with van der Waals surface area (Å²) in [5.74, 6) is -1.18. The van der Waals surface area contributed by atoms with Crippen molar-refractivity contribution >= 4 is 6.54 Å². The number of rotatable bonds is 0. The van der Waals surface area contributed by atoms with Gasteiger partial charge in [0.1, 0.15) is 5.82 Å². The largest absolute Gasteiger partial charge is 0.289 e. The number of halogens is 3. The normalized spacial score (nSPS) is 7.91. The van der Waals surface area contributed by atoms with Crippen LogP contribution in [0.15, 0.2) is 18.3 Å². The monoisotopic (exact) mass is 163 g/mol. The van der Waals surface area contributed by atoms with E-state index in [0.29, 0.717) is 0 Å². The zero-order valence-corrected chi connectivity index (χ0v) is 5.30. The molecule has 0 bridgehead atoms. The Kier molecular flexibility index (Phi) is 4.72. The Morgan fingerprint density at radius 1 is 1.36 bits per heavy atom. The molecule has 1 aromatic rings. The Morgan fingerprint density at radius 3 is 2.18 bits per heavy atom. The molecule has 60 valence electrons. The fourth-order valence-electron chi connectivity index (χ4n) is 0.358. The van der Waals surface area contributed by atoms with Gasteiger partial charge in [-0.2, -0.15) is 8.78 Å². The minimum absolute atomic E-state index is 0.522. The van der Waals surface area contributed by atoms with Gasteiger partial charge in [-0.15, -0.1) is 0 Å². The molecule has 1 rings (SSSR count). The first-order valence-electron chi connectivity index (χ1n) is 2.51. The molecule has 0 aliphatic carbocycles. The lowest BCUT2D eigenvalue weighted by Crippen LogP contribution is -1.80. The van der Waals surface area contributed by atoms with Gasteiger partial charge in [-0.25, -0.2) is 9.37 Å². The Hall–Kier alpha value is -1.39. The van der Waals surface area contributed by atoms with E-state index >= 15 is 0 Å². The van der Waals surface area contributed by atoms with Gasteiger partial charge in [0.25, 0.3) is 6.54 Å². The molecule has 0 atom stereocenters. The van der Waals surface area contributed by atoms with Gasteiger partial charge in [0.15, 0.2) is 0 Å². The lowest BCUT2D eigenvalue weighted by molar-refractivity contribution is 0.510. The second kappa shape index (κ2) is 5.40. The van der Waals surface area contributed by atoms with Crippen LogP contribution in [0.3, 0.4) is 0 Å². The Bertz CT molecular complexity index is 191. The molecule has 0 unspecified atom stereocenters. The van der Waals surface area contributed by atoms with Gasteiger partial charge in [0.2, 0.25) is 5.95 Å². The minimum atomic E-state index is -0.750. The van der Waals surface area contributed by atoms with Crippen molar-refractivity contribution in [3.8, 4) is 0 Å². The molecule has 5 heteroatoms. The van der Waals surface area contributed by atoms with Crippen LogP contribution in [0.2, 0.25) is 0 Å². The van der Waals surface area contributed by atoms with Crippen LogP contribution in [0.25, 0.3) is 0 Å².